The quantitative estimate of drug-likeness (QED) is 0.370. The second-order valence-corrected chi connectivity index (χ2v) is 14.2. The number of aromatic nitrogens is 4. The Morgan fingerprint density at radius 1 is 1.22 bits per heavy atom. The minimum absolute atomic E-state index is 0.0151. The topological polar surface area (TPSA) is 101 Å². The number of halogens is 1. The van der Waals surface area contributed by atoms with Crippen LogP contribution in [-0.4, -0.2) is 120 Å². The summed E-state index contributed by atoms with van der Waals surface area (Å²) in [5, 5.41) is 14.7. The smallest absolute Gasteiger partial charge is 0.245 e. The van der Waals surface area contributed by atoms with E-state index in [9.17, 15) is 4.79 Å². The number of hydrogen-bond donors (Lipinski definition) is 1. The molecule has 45 heavy (non-hydrogen) atoms. The molecule has 5 heterocycles. The van der Waals surface area contributed by atoms with Gasteiger partial charge in [0.15, 0.2) is 5.82 Å². The Hall–Kier alpha value is -2.96. The van der Waals surface area contributed by atoms with Crippen molar-refractivity contribution in [3.8, 4) is 11.1 Å². The van der Waals surface area contributed by atoms with Crippen molar-refractivity contribution in [3.05, 3.63) is 41.2 Å². The first kappa shape index (κ1) is 30.7. The Balaban J connectivity index is 1.26. The molecule has 0 bridgehead atoms. The van der Waals surface area contributed by atoms with Crippen molar-refractivity contribution < 1.29 is 19.0 Å². The molecule has 7 rings (SSSR count). The molecule has 1 spiro atoms. The normalized spacial score (nSPS) is 25.5. The number of anilines is 1. The minimum Gasteiger partial charge on any atom is -0.382 e. The molecule has 2 atom stereocenters. The molecule has 3 aliphatic heterocycles. The summed E-state index contributed by atoms with van der Waals surface area (Å²) >= 11 is 7.18. The van der Waals surface area contributed by atoms with Gasteiger partial charge in [-0.25, -0.2) is 0 Å². The highest BCUT2D eigenvalue weighted by molar-refractivity contribution is 6.36. The SMILES string of the molecule is C=CC(=O)N1CC2(CC(n3nc(N4CCN(C[C@@H]5COCCO5)C[C@]4(C)COC)c(-c4c(Cl)c(C)cc5[nH]ncc45)c3C)C2)C1. The number of aryl methyl sites for hydroxylation is 1. The van der Waals surface area contributed by atoms with Crippen molar-refractivity contribution in [1.82, 2.24) is 29.8 Å². The van der Waals surface area contributed by atoms with Crippen LogP contribution in [0.2, 0.25) is 5.02 Å². The zero-order valence-corrected chi connectivity index (χ0v) is 27.5. The number of methoxy groups -OCH3 is 1. The monoisotopic (exact) mass is 637 g/mol. The van der Waals surface area contributed by atoms with Gasteiger partial charge in [-0.05, 0) is 51.3 Å². The average Bonchev–Trinajstić information content (AvgIpc) is 3.57. The van der Waals surface area contributed by atoms with Crippen LogP contribution in [0, 0.1) is 19.3 Å². The van der Waals surface area contributed by atoms with Gasteiger partial charge >= 0.3 is 0 Å². The lowest BCUT2D eigenvalue weighted by Crippen LogP contribution is -2.64. The first-order valence-electron chi connectivity index (χ1n) is 16.0. The maximum absolute atomic E-state index is 12.1. The van der Waals surface area contributed by atoms with E-state index in [4.69, 9.17) is 30.9 Å². The Morgan fingerprint density at radius 3 is 2.73 bits per heavy atom. The number of aromatic amines is 1. The van der Waals surface area contributed by atoms with Gasteiger partial charge in [0.25, 0.3) is 0 Å². The highest BCUT2D eigenvalue weighted by Gasteiger charge is 2.55. The Bertz CT molecular complexity index is 1600. The number of ether oxygens (including phenoxy) is 3. The number of piperazine rings is 1. The molecule has 0 radical (unpaired) electrons. The van der Waals surface area contributed by atoms with E-state index in [0.717, 1.165) is 96.2 Å². The maximum atomic E-state index is 12.1. The number of amides is 1. The van der Waals surface area contributed by atoms with Gasteiger partial charge in [0, 0.05) is 74.0 Å². The van der Waals surface area contributed by atoms with E-state index in [-0.39, 0.29) is 29.0 Å². The zero-order chi connectivity index (χ0) is 31.5. The summed E-state index contributed by atoms with van der Waals surface area (Å²) in [6.45, 7) is 17.4. The molecule has 1 amide bonds. The zero-order valence-electron chi connectivity index (χ0n) is 26.8. The number of nitrogens with zero attached hydrogens (tertiary/aromatic N) is 6. The number of rotatable bonds is 8. The van der Waals surface area contributed by atoms with Gasteiger partial charge in [-0.2, -0.15) is 10.2 Å². The van der Waals surface area contributed by atoms with Gasteiger partial charge in [0.1, 0.15) is 0 Å². The largest absolute Gasteiger partial charge is 0.382 e. The fourth-order valence-electron chi connectivity index (χ4n) is 8.24. The molecule has 1 aliphatic carbocycles. The lowest BCUT2D eigenvalue weighted by atomic mass is 9.60. The predicted molar refractivity (Wildman–Crippen MR) is 174 cm³/mol. The molecule has 3 saturated heterocycles. The third kappa shape index (κ3) is 5.26. The van der Waals surface area contributed by atoms with Crippen molar-refractivity contribution in [2.45, 2.75) is 51.3 Å². The molecule has 4 aliphatic rings. The second kappa shape index (κ2) is 11.7. The molecule has 12 heteroatoms. The highest BCUT2D eigenvalue weighted by atomic mass is 35.5. The van der Waals surface area contributed by atoms with Crippen LogP contribution in [-0.2, 0) is 19.0 Å². The summed E-state index contributed by atoms with van der Waals surface area (Å²) in [6, 6.07) is 2.31. The number of hydrogen-bond acceptors (Lipinski definition) is 8. The van der Waals surface area contributed by atoms with Crippen molar-refractivity contribution in [3.63, 3.8) is 0 Å². The first-order chi connectivity index (χ1) is 21.6. The average molecular weight is 638 g/mol. The number of carbonyl (C=O) groups is 1. The van der Waals surface area contributed by atoms with Crippen molar-refractivity contribution in [1.29, 1.82) is 0 Å². The lowest BCUT2D eigenvalue weighted by molar-refractivity contribution is -0.149. The number of carbonyl (C=O) groups excluding carboxylic acids is 1. The van der Waals surface area contributed by atoms with Crippen LogP contribution >= 0.6 is 11.6 Å². The molecule has 3 aromatic rings. The fourth-order valence-corrected chi connectivity index (χ4v) is 8.50. The van der Waals surface area contributed by atoms with Crippen LogP contribution in [0.25, 0.3) is 22.0 Å². The molecule has 1 aromatic carbocycles. The van der Waals surface area contributed by atoms with E-state index in [1.54, 1.807) is 7.11 Å². The van der Waals surface area contributed by atoms with E-state index >= 15 is 0 Å². The van der Waals surface area contributed by atoms with Crippen molar-refractivity contribution in [2.24, 2.45) is 5.41 Å². The Morgan fingerprint density at radius 2 is 2.02 bits per heavy atom. The minimum atomic E-state index is -0.352. The maximum Gasteiger partial charge on any atom is 0.245 e. The number of fused-ring (bicyclic) bond motifs is 1. The molecule has 11 nitrogen and oxygen atoms in total. The Labute approximate surface area is 269 Å². The van der Waals surface area contributed by atoms with Crippen LogP contribution in [0.4, 0.5) is 5.82 Å². The lowest BCUT2D eigenvalue weighted by Gasteiger charge is -2.58. The second-order valence-electron chi connectivity index (χ2n) is 13.8. The summed E-state index contributed by atoms with van der Waals surface area (Å²) in [5.74, 6) is 0.943. The van der Waals surface area contributed by atoms with Gasteiger partial charge in [-0.1, -0.05) is 18.2 Å². The molecule has 2 aromatic heterocycles. The molecular formula is C33H44ClN7O4. The van der Waals surface area contributed by atoms with E-state index in [0.29, 0.717) is 26.4 Å². The van der Waals surface area contributed by atoms with Gasteiger partial charge < -0.3 is 24.0 Å². The summed E-state index contributed by atoms with van der Waals surface area (Å²) < 4.78 is 19.8. The van der Waals surface area contributed by atoms with Gasteiger partial charge in [-0.15, -0.1) is 0 Å². The molecule has 4 fully saturated rings. The van der Waals surface area contributed by atoms with Crippen molar-refractivity contribution >= 4 is 34.2 Å². The fraction of sp³-hybridized carbons (Fsp3) is 0.606. The number of likely N-dealkylation sites (tertiary alicyclic amines) is 1. The van der Waals surface area contributed by atoms with Crippen LogP contribution in [0.15, 0.2) is 24.9 Å². The van der Waals surface area contributed by atoms with E-state index in [2.05, 4.69) is 51.2 Å². The molecule has 1 N–H and O–H groups in total. The van der Waals surface area contributed by atoms with E-state index in [1.165, 1.54) is 6.08 Å². The van der Waals surface area contributed by atoms with Gasteiger partial charge in [0.2, 0.25) is 5.91 Å². The highest BCUT2D eigenvalue weighted by Crippen LogP contribution is 2.55. The van der Waals surface area contributed by atoms with E-state index in [1.807, 2.05) is 18.0 Å². The van der Waals surface area contributed by atoms with Crippen LogP contribution in [0.5, 0.6) is 0 Å². The van der Waals surface area contributed by atoms with Crippen LogP contribution in [0.3, 0.4) is 0 Å². The molecular weight excluding hydrogens is 594 g/mol. The van der Waals surface area contributed by atoms with Crippen LogP contribution < -0.4 is 4.90 Å². The summed E-state index contributed by atoms with van der Waals surface area (Å²) in [7, 11) is 1.77. The third-order valence-electron chi connectivity index (χ3n) is 10.4. The summed E-state index contributed by atoms with van der Waals surface area (Å²) in [5.41, 5.74) is 4.87. The van der Waals surface area contributed by atoms with Gasteiger partial charge in [-0.3, -0.25) is 19.5 Å². The molecule has 242 valence electrons. The van der Waals surface area contributed by atoms with E-state index < -0.39 is 0 Å². The molecule has 0 unspecified atom stereocenters. The standard InChI is InChI=1S/C33H44ClN7O4/c1-6-27(42)39-18-33(19-39)12-23(13-33)41-22(3)28(29-25-14-35-36-26(25)11-21(2)30(29)34)31(37-41)40-8-7-38(17-32(40,4)20-43-5)15-24-16-44-9-10-45-24/h6,11,14,23-24H,1,7-10,12-13,15-20H2,2-5H3,(H,35,36)/t24-,32-/m1/s1. The Kier molecular flexibility index (Phi) is 7.97. The first-order valence-corrected chi connectivity index (χ1v) is 16.3. The number of benzene rings is 1. The van der Waals surface area contributed by atoms with Crippen LogP contribution in [0.1, 0.15) is 37.1 Å². The summed E-state index contributed by atoms with van der Waals surface area (Å²) in [6.07, 6.45) is 5.33. The third-order valence-corrected chi connectivity index (χ3v) is 10.9. The summed E-state index contributed by atoms with van der Waals surface area (Å²) in [4.78, 5) is 18.9. The number of nitrogens with one attached hydrogen (secondary N) is 1. The van der Waals surface area contributed by atoms with Crippen molar-refractivity contribution in [2.75, 3.05) is 77.7 Å². The predicted octanol–water partition coefficient (Wildman–Crippen LogP) is 3.99. The van der Waals surface area contributed by atoms with Gasteiger partial charge in [0.05, 0.1) is 60.8 Å². The number of H-pyrrole nitrogens is 1. The molecule has 1 saturated carbocycles.